The van der Waals surface area contributed by atoms with Gasteiger partial charge in [0.15, 0.2) is 0 Å². The molecule has 0 bridgehead atoms. The van der Waals surface area contributed by atoms with E-state index in [2.05, 4.69) is 17.0 Å². The van der Waals surface area contributed by atoms with E-state index in [-0.39, 0.29) is 17.2 Å². The van der Waals surface area contributed by atoms with Gasteiger partial charge in [-0.1, -0.05) is 13.0 Å². The molecule has 0 unspecified atom stereocenters. The Morgan fingerprint density at radius 1 is 1.28 bits per heavy atom. The van der Waals surface area contributed by atoms with Gasteiger partial charge >= 0.3 is 0 Å². The molecule has 2 amide bonds. The van der Waals surface area contributed by atoms with Crippen LogP contribution in [0.5, 0.6) is 0 Å². The molecule has 0 saturated carbocycles. The maximum absolute atomic E-state index is 12.5. The number of morpholine rings is 1. The van der Waals surface area contributed by atoms with Crippen molar-refractivity contribution in [1.82, 2.24) is 4.90 Å². The predicted molar refractivity (Wildman–Crippen MR) is 102 cm³/mol. The molecule has 2 saturated heterocycles. The molecule has 3 rings (SSSR count). The Bertz CT molecular complexity index is 711. The lowest BCUT2D eigenvalue weighted by molar-refractivity contribution is -0.124. The van der Waals surface area contributed by atoms with E-state index in [9.17, 15) is 9.59 Å². The normalized spacial score (nSPS) is 21.3. The number of rotatable bonds is 4. The molecule has 6 heteroatoms. The molecular weight excluding hydrogens is 336 g/mol. The molecule has 5 nitrogen and oxygen atoms in total. The van der Waals surface area contributed by atoms with Crippen molar-refractivity contribution in [3.05, 3.63) is 34.2 Å². The fourth-order valence-corrected chi connectivity index (χ4v) is 3.94. The number of benzene rings is 1. The van der Waals surface area contributed by atoms with Crippen LogP contribution >= 0.6 is 11.8 Å². The first kappa shape index (κ1) is 18.0. The third kappa shape index (κ3) is 3.75. The molecule has 1 atom stereocenters. The first-order valence-corrected chi connectivity index (χ1v) is 9.53. The van der Waals surface area contributed by atoms with Gasteiger partial charge in [-0.15, -0.1) is 0 Å². The van der Waals surface area contributed by atoms with Crippen molar-refractivity contribution in [3.63, 3.8) is 0 Å². The van der Waals surface area contributed by atoms with E-state index < -0.39 is 0 Å². The van der Waals surface area contributed by atoms with Crippen molar-refractivity contribution >= 4 is 34.7 Å². The second kappa shape index (κ2) is 7.62. The number of imide groups is 1. The van der Waals surface area contributed by atoms with Gasteiger partial charge in [-0.3, -0.25) is 14.5 Å². The Morgan fingerprint density at radius 3 is 2.64 bits per heavy atom. The number of carbonyl (C=O) groups is 2. The smallest absolute Gasteiger partial charge is 0.293 e. The van der Waals surface area contributed by atoms with Gasteiger partial charge in [-0.25, -0.2) is 0 Å². The minimum absolute atomic E-state index is 0.0665. The molecule has 1 aromatic rings. The first-order valence-electron chi connectivity index (χ1n) is 8.71. The van der Waals surface area contributed by atoms with Crippen LogP contribution in [-0.4, -0.2) is 48.4 Å². The third-order valence-corrected chi connectivity index (χ3v) is 5.66. The maximum Gasteiger partial charge on any atom is 0.293 e. The minimum atomic E-state index is -0.180. The third-order valence-electron chi connectivity index (χ3n) is 4.77. The molecule has 0 radical (unpaired) electrons. The van der Waals surface area contributed by atoms with Gasteiger partial charge in [0.1, 0.15) is 0 Å². The van der Waals surface area contributed by atoms with Crippen molar-refractivity contribution in [2.75, 3.05) is 31.2 Å². The summed E-state index contributed by atoms with van der Waals surface area (Å²) in [6.07, 6.45) is 2.60. The molecule has 25 heavy (non-hydrogen) atoms. The Hall–Kier alpha value is -1.79. The quantitative estimate of drug-likeness (QED) is 0.767. The van der Waals surface area contributed by atoms with E-state index in [4.69, 9.17) is 4.74 Å². The van der Waals surface area contributed by atoms with Crippen LogP contribution in [0.25, 0.3) is 6.08 Å². The van der Waals surface area contributed by atoms with Crippen molar-refractivity contribution in [2.45, 2.75) is 33.2 Å². The van der Waals surface area contributed by atoms with E-state index in [0.29, 0.717) is 4.91 Å². The molecule has 2 aliphatic heterocycles. The lowest BCUT2D eigenvalue weighted by Crippen LogP contribution is -2.36. The largest absolute Gasteiger partial charge is 0.378 e. The SMILES string of the molecule is CC[C@@H](C)N1C(=O)S/C(=C\c2ccc(N3CCOCC3)cc2C)C1=O. The lowest BCUT2D eigenvalue weighted by atomic mass is 10.1. The van der Waals surface area contributed by atoms with Crippen molar-refractivity contribution < 1.29 is 14.3 Å². The van der Waals surface area contributed by atoms with Crippen molar-refractivity contribution in [2.24, 2.45) is 0 Å². The molecule has 0 N–H and O–H groups in total. The highest BCUT2D eigenvalue weighted by molar-refractivity contribution is 8.18. The molecular formula is C19H24N2O3S. The van der Waals surface area contributed by atoms with Crippen LogP contribution in [-0.2, 0) is 9.53 Å². The summed E-state index contributed by atoms with van der Waals surface area (Å²) < 4.78 is 5.40. The monoisotopic (exact) mass is 360 g/mol. The molecule has 1 aromatic carbocycles. The topological polar surface area (TPSA) is 49.9 Å². The average molecular weight is 360 g/mol. The van der Waals surface area contributed by atoms with Gasteiger partial charge in [0, 0.05) is 24.8 Å². The minimum Gasteiger partial charge on any atom is -0.378 e. The Morgan fingerprint density at radius 2 is 2.00 bits per heavy atom. The Balaban J connectivity index is 1.81. The summed E-state index contributed by atoms with van der Waals surface area (Å²) in [6, 6.07) is 6.17. The molecule has 0 aliphatic carbocycles. The number of anilines is 1. The lowest BCUT2D eigenvalue weighted by Gasteiger charge is -2.29. The molecule has 2 fully saturated rings. The predicted octanol–water partition coefficient (Wildman–Crippen LogP) is 3.67. The summed E-state index contributed by atoms with van der Waals surface area (Å²) in [6.45, 7) is 9.22. The molecule has 0 aromatic heterocycles. The highest BCUT2D eigenvalue weighted by Gasteiger charge is 2.37. The van der Waals surface area contributed by atoms with Crippen LogP contribution in [0, 0.1) is 6.92 Å². The second-order valence-corrected chi connectivity index (χ2v) is 7.44. The van der Waals surface area contributed by atoms with Gasteiger partial charge in [-0.05, 0) is 61.4 Å². The van der Waals surface area contributed by atoms with Gasteiger partial charge < -0.3 is 9.64 Å². The van der Waals surface area contributed by atoms with Gasteiger partial charge in [0.05, 0.1) is 18.1 Å². The summed E-state index contributed by atoms with van der Waals surface area (Å²) in [7, 11) is 0. The van der Waals surface area contributed by atoms with Crippen molar-refractivity contribution in [3.8, 4) is 0 Å². The van der Waals surface area contributed by atoms with Gasteiger partial charge in [-0.2, -0.15) is 0 Å². The highest BCUT2D eigenvalue weighted by Crippen LogP contribution is 2.35. The number of amides is 2. The summed E-state index contributed by atoms with van der Waals surface area (Å²) >= 11 is 1.03. The molecule has 2 aliphatic rings. The fraction of sp³-hybridized carbons (Fsp3) is 0.474. The van der Waals surface area contributed by atoms with Gasteiger partial charge in [0.2, 0.25) is 0 Å². The average Bonchev–Trinajstić information content (AvgIpc) is 2.90. The summed E-state index contributed by atoms with van der Waals surface area (Å²) in [4.78, 5) is 28.9. The van der Waals surface area contributed by atoms with Crippen molar-refractivity contribution in [1.29, 1.82) is 0 Å². The van der Waals surface area contributed by atoms with Crippen LogP contribution in [0.3, 0.4) is 0 Å². The zero-order chi connectivity index (χ0) is 18.0. The van der Waals surface area contributed by atoms with Gasteiger partial charge in [0.25, 0.3) is 11.1 Å². The summed E-state index contributed by atoms with van der Waals surface area (Å²) in [5.74, 6) is -0.180. The number of aryl methyl sites for hydroxylation is 1. The van der Waals surface area contributed by atoms with E-state index in [0.717, 1.165) is 55.6 Å². The Labute approximate surface area is 153 Å². The highest BCUT2D eigenvalue weighted by atomic mass is 32.2. The van der Waals surface area contributed by atoms with E-state index in [1.165, 1.54) is 10.6 Å². The first-order chi connectivity index (χ1) is 12.0. The standard InChI is InChI=1S/C19H24N2O3S/c1-4-14(3)21-18(22)17(25-19(21)23)12-15-5-6-16(11-13(15)2)20-7-9-24-10-8-20/h5-6,11-12,14H,4,7-10H2,1-3H3/b17-12-/t14-/m1/s1. The Kier molecular flexibility index (Phi) is 5.49. The van der Waals surface area contributed by atoms with Crippen LogP contribution in [0.4, 0.5) is 10.5 Å². The number of hydrogen-bond acceptors (Lipinski definition) is 5. The van der Waals surface area contributed by atoms with Crippen LogP contribution in [0.15, 0.2) is 23.1 Å². The van der Waals surface area contributed by atoms with Crippen LogP contribution in [0.1, 0.15) is 31.4 Å². The van der Waals surface area contributed by atoms with E-state index >= 15 is 0 Å². The number of carbonyl (C=O) groups excluding carboxylic acids is 2. The number of ether oxygens (including phenoxy) is 1. The van der Waals surface area contributed by atoms with Crippen LogP contribution in [0.2, 0.25) is 0 Å². The molecule has 134 valence electrons. The fourth-order valence-electron chi connectivity index (χ4n) is 3.02. The van der Waals surface area contributed by atoms with E-state index in [1.807, 2.05) is 32.9 Å². The zero-order valence-electron chi connectivity index (χ0n) is 14.9. The molecule has 2 heterocycles. The maximum atomic E-state index is 12.5. The van der Waals surface area contributed by atoms with Crippen LogP contribution < -0.4 is 4.90 Å². The molecule has 0 spiro atoms. The number of thioether (sulfide) groups is 1. The zero-order valence-corrected chi connectivity index (χ0v) is 15.8. The van der Waals surface area contributed by atoms with E-state index in [1.54, 1.807) is 0 Å². The number of hydrogen-bond donors (Lipinski definition) is 0. The summed E-state index contributed by atoms with van der Waals surface area (Å²) in [5.41, 5.74) is 3.25. The number of nitrogens with zero attached hydrogens (tertiary/aromatic N) is 2. The second-order valence-electron chi connectivity index (χ2n) is 6.45. The summed E-state index contributed by atoms with van der Waals surface area (Å²) in [5, 5.41) is -0.173.